The molecule has 0 bridgehead atoms. The Morgan fingerprint density at radius 1 is 0.781 bits per heavy atom. The van der Waals surface area contributed by atoms with E-state index in [0.29, 0.717) is 0 Å². The normalized spacial score (nSPS) is 11.7. The zero-order valence-electron chi connectivity index (χ0n) is 20.5. The molecule has 0 N–H and O–H groups in total. The number of aromatic nitrogens is 4. The van der Waals surface area contributed by atoms with Crippen molar-refractivity contribution in [3.63, 3.8) is 0 Å². The van der Waals surface area contributed by atoms with Crippen molar-refractivity contribution >= 4 is 10.8 Å². The summed E-state index contributed by atoms with van der Waals surface area (Å²) in [6.07, 6.45) is 2.14. The minimum atomic E-state index is 0.251. The lowest BCUT2D eigenvalue weighted by Crippen LogP contribution is -2.30. The molecular formula is C28H33N4+. The quantitative estimate of drug-likeness (QED) is 0.358. The summed E-state index contributed by atoms with van der Waals surface area (Å²) in [5.41, 5.74) is 7.42. The summed E-state index contributed by atoms with van der Waals surface area (Å²) in [5, 5.41) is 2.42. The summed E-state index contributed by atoms with van der Waals surface area (Å²) in [7, 11) is 2.12. The fourth-order valence-corrected chi connectivity index (χ4v) is 4.18. The van der Waals surface area contributed by atoms with Gasteiger partial charge in [0.15, 0.2) is 12.0 Å². The van der Waals surface area contributed by atoms with Crippen molar-refractivity contribution in [1.82, 2.24) is 15.0 Å². The summed E-state index contributed by atoms with van der Waals surface area (Å²) in [4.78, 5) is 14.4. The molecule has 4 rings (SSSR count). The van der Waals surface area contributed by atoms with Crippen LogP contribution in [-0.2, 0) is 7.05 Å². The average Bonchev–Trinajstić information content (AvgIpc) is 2.75. The molecule has 0 saturated carbocycles. The second-order valence-corrected chi connectivity index (χ2v) is 9.52. The van der Waals surface area contributed by atoms with Crippen molar-refractivity contribution < 1.29 is 4.57 Å². The number of pyridine rings is 1. The van der Waals surface area contributed by atoms with Gasteiger partial charge in [-0.15, -0.1) is 0 Å². The van der Waals surface area contributed by atoms with Gasteiger partial charge in [0.05, 0.1) is 10.9 Å². The van der Waals surface area contributed by atoms with E-state index in [2.05, 4.69) is 103 Å². The maximum absolute atomic E-state index is 4.83. The predicted octanol–water partition coefficient (Wildman–Crippen LogP) is 6.36. The Morgan fingerprint density at radius 2 is 1.44 bits per heavy atom. The van der Waals surface area contributed by atoms with Gasteiger partial charge in [0, 0.05) is 23.5 Å². The molecule has 0 fully saturated rings. The van der Waals surface area contributed by atoms with E-state index in [1.54, 1.807) is 0 Å². The van der Waals surface area contributed by atoms with Gasteiger partial charge < -0.3 is 0 Å². The topological polar surface area (TPSA) is 42.6 Å². The van der Waals surface area contributed by atoms with Crippen LogP contribution in [0.5, 0.6) is 0 Å². The lowest BCUT2D eigenvalue weighted by atomic mass is 9.94. The Balaban J connectivity index is 2.00. The first kappa shape index (κ1) is 22.1. The minimum Gasteiger partial charge on any atom is -0.217 e. The molecule has 0 aliphatic rings. The van der Waals surface area contributed by atoms with Gasteiger partial charge in [-0.1, -0.05) is 51.5 Å². The molecule has 0 radical (unpaired) electrons. The Labute approximate surface area is 191 Å². The van der Waals surface area contributed by atoms with E-state index in [-0.39, 0.29) is 11.8 Å². The molecule has 2 heterocycles. The summed E-state index contributed by atoms with van der Waals surface area (Å²) in [6.45, 7) is 15.1. The van der Waals surface area contributed by atoms with Crippen LogP contribution in [0.3, 0.4) is 0 Å². The van der Waals surface area contributed by atoms with Crippen LogP contribution in [0, 0.1) is 20.8 Å². The third-order valence-corrected chi connectivity index (χ3v) is 6.17. The largest absolute Gasteiger partial charge is 0.220 e. The Kier molecular flexibility index (Phi) is 5.81. The third-order valence-electron chi connectivity index (χ3n) is 6.17. The van der Waals surface area contributed by atoms with Crippen LogP contribution < -0.4 is 4.57 Å². The fraction of sp³-hybridized carbons (Fsp3) is 0.357. The van der Waals surface area contributed by atoms with E-state index in [4.69, 9.17) is 15.0 Å². The lowest BCUT2D eigenvalue weighted by molar-refractivity contribution is -0.659. The second kappa shape index (κ2) is 8.42. The van der Waals surface area contributed by atoms with Crippen LogP contribution in [0.1, 0.15) is 67.9 Å². The monoisotopic (exact) mass is 425 g/mol. The third kappa shape index (κ3) is 4.02. The molecule has 0 saturated heterocycles. The lowest BCUT2D eigenvalue weighted by Gasteiger charge is -2.13. The van der Waals surface area contributed by atoms with Crippen molar-refractivity contribution in [3.05, 3.63) is 70.9 Å². The molecule has 0 spiro atoms. The Bertz CT molecular complexity index is 1290. The first-order chi connectivity index (χ1) is 15.2. The molecule has 0 aliphatic heterocycles. The second-order valence-electron chi connectivity index (χ2n) is 9.52. The zero-order chi connectivity index (χ0) is 23.2. The molecular weight excluding hydrogens is 392 g/mol. The fourth-order valence-electron chi connectivity index (χ4n) is 4.18. The maximum atomic E-state index is 4.83. The standard InChI is InChI=1S/C28H33N4/c1-16(2)26-29-27(17(3)4)31-28(30-26)22-10-9-21-11-12-32(8)25(24(21)15-22)23-14-18(5)13-19(6)20(23)7/h9-17H,1-8H3/q+1. The molecule has 32 heavy (non-hydrogen) atoms. The number of hydrogen-bond acceptors (Lipinski definition) is 3. The van der Waals surface area contributed by atoms with Crippen molar-refractivity contribution in [1.29, 1.82) is 0 Å². The van der Waals surface area contributed by atoms with Crippen LogP contribution in [-0.4, -0.2) is 15.0 Å². The van der Waals surface area contributed by atoms with Gasteiger partial charge in [-0.3, -0.25) is 0 Å². The summed E-state index contributed by atoms with van der Waals surface area (Å²) >= 11 is 0. The summed E-state index contributed by atoms with van der Waals surface area (Å²) < 4.78 is 2.22. The van der Waals surface area contributed by atoms with E-state index in [1.165, 1.54) is 38.7 Å². The highest BCUT2D eigenvalue weighted by Gasteiger charge is 2.20. The number of fused-ring (bicyclic) bond motifs is 1. The van der Waals surface area contributed by atoms with Crippen LogP contribution in [0.15, 0.2) is 42.6 Å². The van der Waals surface area contributed by atoms with Gasteiger partial charge in [0.1, 0.15) is 18.7 Å². The number of aryl methyl sites for hydroxylation is 3. The minimum absolute atomic E-state index is 0.251. The molecule has 2 aromatic carbocycles. The van der Waals surface area contributed by atoms with Crippen molar-refractivity contribution in [2.75, 3.05) is 0 Å². The predicted molar refractivity (Wildman–Crippen MR) is 132 cm³/mol. The molecule has 164 valence electrons. The Morgan fingerprint density at radius 3 is 2.06 bits per heavy atom. The molecule has 0 amide bonds. The van der Waals surface area contributed by atoms with Crippen molar-refractivity contribution in [2.24, 2.45) is 7.05 Å². The average molecular weight is 426 g/mol. The van der Waals surface area contributed by atoms with Gasteiger partial charge in [0.25, 0.3) is 0 Å². The van der Waals surface area contributed by atoms with Crippen LogP contribution >= 0.6 is 0 Å². The highest BCUT2D eigenvalue weighted by atomic mass is 15.0. The molecule has 4 heteroatoms. The van der Waals surface area contributed by atoms with Crippen LogP contribution in [0.2, 0.25) is 0 Å². The van der Waals surface area contributed by atoms with Crippen molar-refractivity contribution in [2.45, 2.75) is 60.3 Å². The van der Waals surface area contributed by atoms with E-state index in [0.717, 1.165) is 23.0 Å². The smallest absolute Gasteiger partial charge is 0.217 e. The number of hydrogen-bond donors (Lipinski definition) is 0. The molecule has 0 aliphatic carbocycles. The highest BCUT2D eigenvalue weighted by Crippen LogP contribution is 2.32. The number of benzene rings is 2. The summed E-state index contributed by atoms with van der Waals surface area (Å²) in [5.74, 6) is 2.96. The molecule has 0 atom stereocenters. The van der Waals surface area contributed by atoms with Gasteiger partial charge in [-0.2, -0.15) is 0 Å². The summed E-state index contributed by atoms with van der Waals surface area (Å²) in [6, 6.07) is 13.3. The highest BCUT2D eigenvalue weighted by molar-refractivity contribution is 5.96. The van der Waals surface area contributed by atoms with E-state index >= 15 is 0 Å². The number of nitrogens with zero attached hydrogens (tertiary/aromatic N) is 4. The zero-order valence-corrected chi connectivity index (χ0v) is 20.5. The molecule has 2 aromatic heterocycles. The van der Waals surface area contributed by atoms with Crippen LogP contribution in [0.25, 0.3) is 33.4 Å². The first-order valence-corrected chi connectivity index (χ1v) is 11.4. The van der Waals surface area contributed by atoms with Crippen LogP contribution in [0.4, 0.5) is 0 Å². The molecule has 0 unspecified atom stereocenters. The van der Waals surface area contributed by atoms with E-state index < -0.39 is 0 Å². The van der Waals surface area contributed by atoms with Gasteiger partial charge in [0.2, 0.25) is 5.69 Å². The molecule has 4 nitrogen and oxygen atoms in total. The van der Waals surface area contributed by atoms with E-state index in [9.17, 15) is 0 Å². The number of rotatable bonds is 4. The van der Waals surface area contributed by atoms with E-state index in [1.807, 2.05) is 0 Å². The Hall–Kier alpha value is -3.14. The van der Waals surface area contributed by atoms with Gasteiger partial charge in [-0.25, -0.2) is 19.5 Å². The van der Waals surface area contributed by atoms with Gasteiger partial charge >= 0.3 is 0 Å². The SMILES string of the molecule is Cc1cc(C)c(C)c(-c2c3cc(-c4nc(C(C)C)nc(C(C)C)n4)ccc3cc[n+]2C)c1. The first-order valence-electron chi connectivity index (χ1n) is 11.4. The van der Waals surface area contributed by atoms with Gasteiger partial charge in [-0.05, 0) is 49.4 Å². The molecule has 4 aromatic rings. The van der Waals surface area contributed by atoms with Crippen molar-refractivity contribution in [3.8, 4) is 22.6 Å². The maximum Gasteiger partial charge on any atom is 0.220 e.